The number of hydrogen-bond acceptors (Lipinski definition) is 1. The van der Waals surface area contributed by atoms with Gasteiger partial charge in [0, 0.05) is 0 Å². The first kappa shape index (κ1) is 17.2. The van der Waals surface area contributed by atoms with Crippen molar-refractivity contribution in [1.29, 1.82) is 0 Å². The van der Waals surface area contributed by atoms with Crippen LogP contribution in [0.1, 0.15) is 39.2 Å². The summed E-state index contributed by atoms with van der Waals surface area (Å²) in [5.41, 5.74) is 3.66. The van der Waals surface area contributed by atoms with Crippen molar-refractivity contribution in [3.8, 4) is 0 Å². The average Bonchev–Trinajstić information content (AvgIpc) is 2.36. The Morgan fingerprint density at radius 2 is 1.75 bits per heavy atom. The normalized spacial score (nSPS) is 14.7. The zero-order valence-electron chi connectivity index (χ0n) is 13.7. The molecule has 0 heterocycles. The number of rotatable bonds is 6. The molecule has 1 atom stereocenters. The van der Waals surface area contributed by atoms with Gasteiger partial charge in [-0.2, -0.15) is 0 Å². The molecule has 2 heteroatoms. The predicted molar refractivity (Wildman–Crippen MR) is 91.7 cm³/mol. The zero-order chi connectivity index (χ0) is 15.2. The summed E-state index contributed by atoms with van der Waals surface area (Å²) in [6.45, 7) is 11.6. The van der Waals surface area contributed by atoms with Gasteiger partial charge in [-0.15, -0.1) is 0 Å². The molecule has 0 aliphatic rings. The van der Waals surface area contributed by atoms with Crippen LogP contribution in [0.15, 0.2) is 42.1 Å². The molecule has 0 radical (unpaired) electrons. The summed E-state index contributed by atoms with van der Waals surface area (Å²) in [6.07, 6.45) is 4.66. The zero-order valence-corrected chi connectivity index (χ0v) is 14.7. The molecule has 1 nitrogen and oxygen atoms in total. The van der Waals surface area contributed by atoms with Crippen LogP contribution in [0.2, 0.25) is 18.1 Å². The van der Waals surface area contributed by atoms with E-state index in [1.807, 2.05) is 12.1 Å². The molecule has 0 bridgehead atoms. The van der Waals surface area contributed by atoms with Gasteiger partial charge in [0.25, 0.3) is 0 Å². The number of benzene rings is 1. The smallest absolute Gasteiger partial charge is 0.0767 e. The van der Waals surface area contributed by atoms with E-state index in [0.29, 0.717) is 5.04 Å². The van der Waals surface area contributed by atoms with Gasteiger partial charge >= 0.3 is 0 Å². The monoisotopic (exact) mass is 290 g/mol. The minimum Gasteiger partial charge on any atom is -0.389 e. The van der Waals surface area contributed by atoms with Gasteiger partial charge in [-0.25, -0.2) is 0 Å². The van der Waals surface area contributed by atoms with Crippen LogP contribution in [-0.4, -0.2) is 19.3 Å². The Bertz CT molecular complexity index is 415. The third-order valence-electron chi connectivity index (χ3n) is 4.48. The highest BCUT2D eigenvalue weighted by molar-refractivity contribution is 6.84. The summed E-state index contributed by atoms with van der Waals surface area (Å²) in [5, 5.41) is 10.4. The molecule has 1 aromatic rings. The summed E-state index contributed by atoms with van der Waals surface area (Å²) in [7, 11) is -1.41. The van der Waals surface area contributed by atoms with Crippen LogP contribution in [0.25, 0.3) is 0 Å². The first-order valence-corrected chi connectivity index (χ1v) is 10.7. The maximum atomic E-state index is 10.1. The van der Waals surface area contributed by atoms with Crippen molar-refractivity contribution in [2.75, 3.05) is 0 Å². The molecular formula is C18H30OSi. The van der Waals surface area contributed by atoms with Crippen molar-refractivity contribution < 1.29 is 5.11 Å². The number of aryl methyl sites for hydroxylation is 1. The second-order valence-corrected chi connectivity index (χ2v) is 12.6. The second-order valence-electron chi connectivity index (χ2n) is 7.28. The van der Waals surface area contributed by atoms with Gasteiger partial charge in [0.2, 0.25) is 0 Å². The highest BCUT2D eigenvalue weighted by Crippen LogP contribution is 2.36. The molecule has 0 fully saturated rings. The molecule has 1 rings (SSSR count). The molecule has 0 amide bonds. The van der Waals surface area contributed by atoms with Crippen LogP contribution in [0, 0.1) is 0 Å². The van der Waals surface area contributed by atoms with Gasteiger partial charge in [0.15, 0.2) is 0 Å². The number of aliphatic hydroxyl groups is 1. The van der Waals surface area contributed by atoms with Gasteiger partial charge in [-0.1, -0.05) is 76.0 Å². The topological polar surface area (TPSA) is 20.2 Å². The van der Waals surface area contributed by atoms with Crippen LogP contribution in [0.4, 0.5) is 0 Å². The molecule has 0 aliphatic carbocycles. The lowest BCUT2D eigenvalue weighted by Gasteiger charge is -2.34. The largest absolute Gasteiger partial charge is 0.389 e. The fourth-order valence-electron chi connectivity index (χ4n) is 1.86. The molecule has 0 saturated carbocycles. The summed E-state index contributed by atoms with van der Waals surface area (Å²) >= 11 is 0. The minimum atomic E-state index is -1.41. The molecular weight excluding hydrogens is 260 g/mol. The molecule has 1 N–H and O–H groups in total. The van der Waals surface area contributed by atoms with E-state index in [0.717, 1.165) is 19.3 Å². The molecule has 0 aromatic heterocycles. The van der Waals surface area contributed by atoms with Crippen molar-refractivity contribution >= 4 is 8.07 Å². The van der Waals surface area contributed by atoms with E-state index in [1.54, 1.807) is 0 Å². The van der Waals surface area contributed by atoms with Gasteiger partial charge in [0.05, 0.1) is 14.2 Å². The number of hydrogen-bond donors (Lipinski definition) is 1. The van der Waals surface area contributed by atoms with Gasteiger partial charge in [-0.05, 0) is 29.9 Å². The van der Waals surface area contributed by atoms with Crippen molar-refractivity contribution in [3.05, 3.63) is 47.7 Å². The standard InChI is InChI=1S/C18H30OSi/c1-18(2,3)20(4,5)15-14-17(19)13-9-12-16-10-7-6-8-11-16/h6-8,10-11,14-15,17,19H,9,12-13H2,1-5H3/b15-14+/t17-/m0/s1. The van der Waals surface area contributed by atoms with Gasteiger partial charge < -0.3 is 5.11 Å². The molecule has 1 aromatic carbocycles. The van der Waals surface area contributed by atoms with Crippen molar-refractivity contribution in [2.24, 2.45) is 0 Å². The SMILES string of the molecule is CC(C)(C)[Si](C)(C)/C=C/[C@@H](O)CCCc1ccccc1. The van der Waals surface area contributed by atoms with Crippen LogP contribution in [0.5, 0.6) is 0 Å². The van der Waals surface area contributed by atoms with Gasteiger partial charge in [0.1, 0.15) is 0 Å². The van der Waals surface area contributed by atoms with E-state index in [1.165, 1.54) is 5.56 Å². The van der Waals surface area contributed by atoms with E-state index in [-0.39, 0.29) is 6.10 Å². The lowest BCUT2D eigenvalue weighted by molar-refractivity contribution is 0.210. The first-order chi connectivity index (χ1) is 9.22. The first-order valence-electron chi connectivity index (χ1n) is 7.64. The Morgan fingerprint density at radius 3 is 2.30 bits per heavy atom. The van der Waals surface area contributed by atoms with E-state index in [2.05, 4.69) is 63.8 Å². The fourth-order valence-corrected chi connectivity index (χ4v) is 3.06. The highest BCUT2D eigenvalue weighted by atomic mass is 28.3. The van der Waals surface area contributed by atoms with E-state index < -0.39 is 8.07 Å². The molecule has 20 heavy (non-hydrogen) atoms. The second kappa shape index (κ2) is 7.23. The Hall–Kier alpha value is -0.863. The lowest BCUT2D eigenvalue weighted by Crippen LogP contribution is -2.35. The minimum absolute atomic E-state index is 0.298. The summed E-state index contributed by atoms with van der Waals surface area (Å²) < 4.78 is 0. The summed E-state index contributed by atoms with van der Waals surface area (Å²) in [4.78, 5) is 0. The Balaban J connectivity index is 2.39. The van der Waals surface area contributed by atoms with Crippen molar-refractivity contribution in [2.45, 2.75) is 64.3 Å². The Kier molecular flexibility index (Phi) is 6.22. The van der Waals surface area contributed by atoms with Crippen molar-refractivity contribution in [3.63, 3.8) is 0 Å². The Morgan fingerprint density at radius 1 is 1.15 bits per heavy atom. The highest BCUT2D eigenvalue weighted by Gasteiger charge is 2.32. The van der Waals surface area contributed by atoms with Gasteiger partial charge in [-0.3, -0.25) is 0 Å². The molecule has 0 unspecified atom stereocenters. The van der Waals surface area contributed by atoms with E-state index >= 15 is 0 Å². The average molecular weight is 291 g/mol. The summed E-state index contributed by atoms with van der Waals surface area (Å²) in [6, 6.07) is 10.5. The third-order valence-corrected chi connectivity index (χ3v) is 9.37. The number of aliphatic hydroxyl groups excluding tert-OH is 1. The Labute approximate surface area is 125 Å². The molecule has 0 saturated heterocycles. The van der Waals surface area contributed by atoms with E-state index in [9.17, 15) is 5.11 Å². The van der Waals surface area contributed by atoms with Crippen LogP contribution in [-0.2, 0) is 6.42 Å². The lowest BCUT2D eigenvalue weighted by atomic mass is 10.1. The van der Waals surface area contributed by atoms with Crippen LogP contribution < -0.4 is 0 Å². The molecule has 0 spiro atoms. The van der Waals surface area contributed by atoms with E-state index in [4.69, 9.17) is 0 Å². The summed E-state index contributed by atoms with van der Waals surface area (Å²) in [5.74, 6) is 0. The quantitative estimate of drug-likeness (QED) is 0.733. The maximum absolute atomic E-state index is 10.1. The third kappa shape index (κ3) is 5.64. The fraction of sp³-hybridized carbons (Fsp3) is 0.556. The van der Waals surface area contributed by atoms with Crippen molar-refractivity contribution in [1.82, 2.24) is 0 Å². The molecule has 0 aliphatic heterocycles. The van der Waals surface area contributed by atoms with Crippen LogP contribution >= 0.6 is 0 Å². The molecule has 112 valence electrons. The maximum Gasteiger partial charge on any atom is 0.0767 e. The van der Waals surface area contributed by atoms with Crippen LogP contribution in [0.3, 0.4) is 0 Å². The predicted octanol–water partition coefficient (Wildman–Crippen LogP) is 4.97.